The SMILES string of the molecule is O=C(C1CC1)N1CCC(CNc2nccc3nc(C(F)(F)F)ccc23)CC1. The van der Waals surface area contributed by atoms with E-state index in [0.29, 0.717) is 29.6 Å². The molecule has 0 atom stereocenters. The van der Waals surface area contributed by atoms with Crippen LogP contribution < -0.4 is 5.32 Å². The van der Waals surface area contributed by atoms with E-state index in [4.69, 9.17) is 0 Å². The molecule has 2 aromatic heterocycles. The number of carbonyl (C=O) groups is 1. The van der Waals surface area contributed by atoms with Crippen molar-refractivity contribution in [2.24, 2.45) is 11.8 Å². The fourth-order valence-electron chi connectivity index (χ4n) is 3.54. The number of pyridine rings is 2. The van der Waals surface area contributed by atoms with E-state index in [9.17, 15) is 18.0 Å². The third-order valence-electron chi connectivity index (χ3n) is 5.32. The Kier molecular flexibility index (Phi) is 4.65. The second-order valence-corrected chi connectivity index (χ2v) is 7.34. The minimum Gasteiger partial charge on any atom is -0.369 e. The summed E-state index contributed by atoms with van der Waals surface area (Å²) >= 11 is 0. The first kappa shape index (κ1) is 18.0. The standard InChI is InChI=1S/C19H21F3N4O/c20-19(21,22)16-4-3-14-15(25-16)5-8-23-17(14)24-11-12-6-9-26(10-7-12)18(27)13-1-2-13/h3-5,8,12-13H,1-2,6-7,9-11H2,(H,23,24). The van der Waals surface area contributed by atoms with Crippen molar-refractivity contribution < 1.29 is 18.0 Å². The molecule has 0 aromatic carbocycles. The predicted molar refractivity (Wildman–Crippen MR) is 95.1 cm³/mol. The molecule has 1 aliphatic carbocycles. The molecule has 3 heterocycles. The number of likely N-dealkylation sites (tertiary alicyclic amines) is 1. The second-order valence-electron chi connectivity index (χ2n) is 7.34. The Morgan fingerprint density at radius 3 is 2.56 bits per heavy atom. The zero-order chi connectivity index (χ0) is 19.0. The number of halogens is 3. The number of fused-ring (bicyclic) bond motifs is 1. The van der Waals surface area contributed by atoms with Crippen LogP contribution in [0.3, 0.4) is 0 Å². The number of anilines is 1. The molecule has 4 rings (SSSR count). The van der Waals surface area contributed by atoms with Gasteiger partial charge in [-0.2, -0.15) is 13.2 Å². The molecular formula is C19H21F3N4O. The monoisotopic (exact) mass is 378 g/mol. The predicted octanol–water partition coefficient (Wildman–Crippen LogP) is 3.71. The van der Waals surface area contributed by atoms with Gasteiger partial charge < -0.3 is 10.2 Å². The van der Waals surface area contributed by atoms with Gasteiger partial charge in [-0.05, 0) is 49.8 Å². The number of aromatic nitrogens is 2. The number of amides is 1. The Bertz CT molecular complexity index is 842. The fourth-order valence-corrected chi connectivity index (χ4v) is 3.54. The van der Waals surface area contributed by atoms with Crippen LogP contribution in [0.1, 0.15) is 31.4 Å². The number of hydrogen-bond acceptors (Lipinski definition) is 4. The lowest BCUT2D eigenvalue weighted by atomic mass is 9.96. The normalized spacial score (nSPS) is 18.7. The van der Waals surface area contributed by atoms with Gasteiger partial charge in [0, 0.05) is 37.1 Å². The van der Waals surface area contributed by atoms with E-state index in [-0.39, 0.29) is 11.4 Å². The molecule has 1 saturated carbocycles. The summed E-state index contributed by atoms with van der Waals surface area (Å²) in [4.78, 5) is 22.0. The van der Waals surface area contributed by atoms with Crippen LogP contribution in [0.15, 0.2) is 24.4 Å². The maximum absolute atomic E-state index is 12.8. The van der Waals surface area contributed by atoms with Crippen LogP contribution in [0.2, 0.25) is 0 Å². The Hall–Kier alpha value is -2.38. The molecule has 0 radical (unpaired) electrons. The molecule has 2 fully saturated rings. The largest absolute Gasteiger partial charge is 0.433 e. The summed E-state index contributed by atoms with van der Waals surface area (Å²) in [5, 5.41) is 3.83. The molecule has 5 nitrogen and oxygen atoms in total. The highest BCUT2D eigenvalue weighted by molar-refractivity contribution is 5.89. The zero-order valence-corrected chi connectivity index (χ0v) is 14.8. The van der Waals surface area contributed by atoms with Crippen LogP contribution in [-0.4, -0.2) is 40.4 Å². The summed E-state index contributed by atoms with van der Waals surface area (Å²) in [6.45, 7) is 2.24. The van der Waals surface area contributed by atoms with Crippen molar-refractivity contribution >= 4 is 22.6 Å². The molecule has 2 aliphatic rings. The maximum atomic E-state index is 12.8. The molecule has 0 unspecified atom stereocenters. The van der Waals surface area contributed by atoms with Crippen molar-refractivity contribution in [3.8, 4) is 0 Å². The number of nitrogens with one attached hydrogen (secondary N) is 1. The molecular weight excluding hydrogens is 357 g/mol. The van der Waals surface area contributed by atoms with Gasteiger partial charge in [0.15, 0.2) is 0 Å². The van der Waals surface area contributed by atoms with Crippen LogP contribution in [-0.2, 0) is 11.0 Å². The van der Waals surface area contributed by atoms with E-state index >= 15 is 0 Å². The summed E-state index contributed by atoms with van der Waals surface area (Å²) in [6.07, 6.45) is 0.902. The van der Waals surface area contributed by atoms with Crippen molar-refractivity contribution in [1.82, 2.24) is 14.9 Å². The molecule has 1 saturated heterocycles. The number of alkyl halides is 3. The van der Waals surface area contributed by atoms with Gasteiger partial charge in [-0.25, -0.2) is 9.97 Å². The minimum atomic E-state index is -4.46. The molecule has 1 amide bonds. The Morgan fingerprint density at radius 1 is 1.15 bits per heavy atom. The van der Waals surface area contributed by atoms with Gasteiger partial charge in [-0.15, -0.1) is 0 Å². The van der Waals surface area contributed by atoms with Crippen molar-refractivity contribution in [3.63, 3.8) is 0 Å². The maximum Gasteiger partial charge on any atom is 0.433 e. The van der Waals surface area contributed by atoms with Crippen LogP contribution in [0.4, 0.5) is 19.0 Å². The van der Waals surface area contributed by atoms with E-state index in [1.165, 1.54) is 18.3 Å². The van der Waals surface area contributed by atoms with Gasteiger partial charge in [-0.3, -0.25) is 4.79 Å². The zero-order valence-electron chi connectivity index (χ0n) is 14.8. The van der Waals surface area contributed by atoms with Crippen LogP contribution >= 0.6 is 0 Å². The third-order valence-corrected chi connectivity index (χ3v) is 5.32. The Labute approximate surface area is 155 Å². The molecule has 1 N–H and O–H groups in total. The Balaban J connectivity index is 1.38. The van der Waals surface area contributed by atoms with Crippen LogP contribution in [0.25, 0.3) is 10.9 Å². The lowest BCUT2D eigenvalue weighted by Gasteiger charge is -2.32. The quantitative estimate of drug-likeness (QED) is 0.881. The summed E-state index contributed by atoms with van der Waals surface area (Å²) in [5.41, 5.74) is -0.632. The number of piperidine rings is 1. The second kappa shape index (κ2) is 6.98. The van der Waals surface area contributed by atoms with Crippen molar-refractivity contribution in [2.75, 3.05) is 25.0 Å². The average molecular weight is 378 g/mol. The van der Waals surface area contributed by atoms with Crippen molar-refractivity contribution in [2.45, 2.75) is 31.9 Å². The van der Waals surface area contributed by atoms with Gasteiger partial charge in [0.1, 0.15) is 11.5 Å². The molecule has 0 bridgehead atoms. The van der Waals surface area contributed by atoms with Gasteiger partial charge in [0.25, 0.3) is 0 Å². The Morgan fingerprint density at radius 2 is 1.89 bits per heavy atom. The molecule has 8 heteroatoms. The van der Waals surface area contributed by atoms with E-state index in [1.807, 2.05) is 4.90 Å². The first-order chi connectivity index (χ1) is 12.9. The van der Waals surface area contributed by atoms with Gasteiger partial charge in [0.2, 0.25) is 5.91 Å². The first-order valence-electron chi connectivity index (χ1n) is 9.27. The average Bonchev–Trinajstić information content (AvgIpc) is 3.50. The van der Waals surface area contributed by atoms with E-state index in [1.54, 1.807) is 0 Å². The number of nitrogens with zero attached hydrogens (tertiary/aromatic N) is 3. The number of hydrogen-bond donors (Lipinski definition) is 1. The number of rotatable bonds is 4. The lowest BCUT2D eigenvalue weighted by Crippen LogP contribution is -2.40. The summed E-state index contributed by atoms with van der Waals surface area (Å²) in [5.74, 6) is 1.51. The van der Waals surface area contributed by atoms with E-state index in [0.717, 1.165) is 44.8 Å². The van der Waals surface area contributed by atoms with Crippen LogP contribution in [0, 0.1) is 11.8 Å². The molecule has 144 valence electrons. The lowest BCUT2D eigenvalue weighted by molar-refractivity contribution is -0.141. The first-order valence-corrected chi connectivity index (χ1v) is 9.27. The summed E-state index contributed by atoms with van der Waals surface area (Å²) in [7, 11) is 0. The summed E-state index contributed by atoms with van der Waals surface area (Å²) in [6, 6.07) is 3.88. The van der Waals surface area contributed by atoms with E-state index in [2.05, 4.69) is 15.3 Å². The van der Waals surface area contributed by atoms with Crippen molar-refractivity contribution in [1.29, 1.82) is 0 Å². The van der Waals surface area contributed by atoms with E-state index < -0.39 is 11.9 Å². The molecule has 0 spiro atoms. The third kappa shape index (κ3) is 3.99. The minimum absolute atomic E-state index is 0.258. The fraction of sp³-hybridized carbons (Fsp3) is 0.526. The highest BCUT2D eigenvalue weighted by Gasteiger charge is 2.35. The number of carbonyl (C=O) groups excluding carboxylic acids is 1. The molecule has 2 aromatic rings. The smallest absolute Gasteiger partial charge is 0.369 e. The van der Waals surface area contributed by atoms with Crippen LogP contribution in [0.5, 0.6) is 0 Å². The van der Waals surface area contributed by atoms with Crippen molar-refractivity contribution in [3.05, 3.63) is 30.1 Å². The highest BCUT2D eigenvalue weighted by Crippen LogP contribution is 2.33. The topological polar surface area (TPSA) is 58.1 Å². The molecule has 27 heavy (non-hydrogen) atoms. The van der Waals surface area contributed by atoms with Gasteiger partial charge in [-0.1, -0.05) is 0 Å². The van der Waals surface area contributed by atoms with Gasteiger partial charge >= 0.3 is 6.18 Å². The highest BCUT2D eigenvalue weighted by atomic mass is 19.4. The van der Waals surface area contributed by atoms with Gasteiger partial charge in [0.05, 0.1) is 5.52 Å². The summed E-state index contributed by atoms with van der Waals surface area (Å²) < 4.78 is 38.5. The molecule has 1 aliphatic heterocycles.